The van der Waals surface area contributed by atoms with Gasteiger partial charge in [-0.05, 0) is 18.1 Å². The van der Waals surface area contributed by atoms with Gasteiger partial charge in [0.2, 0.25) is 0 Å². The zero-order valence-corrected chi connectivity index (χ0v) is 9.13. The number of halogens is 1. The molecule has 0 amide bonds. The first-order valence-corrected chi connectivity index (χ1v) is 4.72. The highest BCUT2D eigenvalue weighted by Gasteiger charge is 2.06. The van der Waals surface area contributed by atoms with Gasteiger partial charge in [0.05, 0.1) is 6.61 Å². The third-order valence-corrected chi connectivity index (χ3v) is 2.39. The molecule has 82 valence electrons. The highest BCUT2D eigenvalue weighted by atomic mass is 35.5. The Bertz CT molecular complexity index is 427. The Hall–Kier alpha value is -1.03. The number of aliphatic hydroxyl groups is 1. The lowest BCUT2D eigenvalue weighted by Crippen LogP contribution is -2.26. The first-order valence-electron chi connectivity index (χ1n) is 4.72. The van der Waals surface area contributed by atoms with E-state index in [1.807, 2.05) is 24.4 Å². The van der Waals surface area contributed by atoms with Crippen molar-refractivity contribution in [2.24, 2.45) is 5.73 Å². The highest BCUT2D eigenvalue weighted by molar-refractivity contribution is 5.85. The molecule has 0 radical (unpaired) electrons. The molecule has 0 aliphatic rings. The summed E-state index contributed by atoms with van der Waals surface area (Å²) in [6.07, 6.45) is 2.67. The third kappa shape index (κ3) is 2.50. The zero-order valence-electron chi connectivity index (χ0n) is 8.31. The molecule has 0 fully saturated rings. The number of benzene rings is 1. The first-order chi connectivity index (χ1) is 6.81. The molecular weight excluding hydrogens is 212 g/mol. The molecule has 3 nitrogen and oxygen atoms in total. The van der Waals surface area contributed by atoms with Crippen LogP contribution in [0.3, 0.4) is 0 Å². The van der Waals surface area contributed by atoms with Crippen LogP contribution in [0.4, 0.5) is 0 Å². The van der Waals surface area contributed by atoms with E-state index >= 15 is 0 Å². The number of H-pyrrole nitrogens is 1. The van der Waals surface area contributed by atoms with Crippen molar-refractivity contribution in [3.8, 4) is 0 Å². The SMILES string of the molecule is Cl.NC(CO)Cc1c[nH]c2ccccc12. The fourth-order valence-corrected chi connectivity index (χ4v) is 1.65. The quantitative estimate of drug-likeness (QED) is 0.742. The molecule has 15 heavy (non-hydrogen) atoms. The fourth-order valence-electron chi connectivity index (χ4n) is 1.65. The second-order valence-corrected chi connectivity index (χ2v) is 3.51. The lowest BCUT2D eigenvalue weighted by atomic mass is 10.1. The van der Waals surface area contributed by atoms with E-state index in [4.69, 9.17) is 10.8 Å². The predicted octanol–water partition coefficient (Wildman–Crippen LogP) is 1.45. The van der Waals surface area contributed by atoms with Crippen molar-refractivity contribution in [3.63, 3.8) is 0 Å². The first kappa shape index (κ1) is 12.0. The molecule has 0 saturated heterocycles. The average molecular weight is 227 g/mol. The van der Waals surface area contributed by atoms with E-state index in [1.54, 1.807) is 0 Å². The summed E-state index contributed by atoms with van der Waals surface area (Å²) in [5.74, 6) is 0. The second-order valence-electron chi connectivity index (χ2n) is 3.51. The van der Waals surface area contributed by atoms with Gasteiger partial charge in [0.25, 0.3) is 0 Å². The molecule has 0 spiro atoms. The summed E-state index contributed by atoms with van der Waals surface area (Å²) >= 11 is 0. The van der Waals surface area contributed by atoms with Crippen molar-refractivity contribution in [2.45, 2.75) is 12.5 Å². The Kier molecular flexibility index (Phi) is 4.15. The van der Waals surface area contributed by atoms with E-state index in [2.05, 4.69) is 11.1 Å². The maximum absolute atomic E-state index is 8.87. The number of fused-ring (bicyclic) bond motifs is 1. The van der Waals surface area contributed by atoms with E-state index < -0.39 is 0 Å². The van der Waals surface area contributed by atoms with Crippen LogP contribution in [-0.2, 0) is 6.42 Å². The van der Waals surface area contributed by atoms with Crippen molar-refractivity contribution < 1.29 is 5.11 Å². The molecule has 0 saturated carbocycles. The molecule has 0 bridgehead atoms. The minimum Gasteiger partial charge on any atom is -0.395 e. The maximum Gasteiger partial charge on any atom is 0.0585 e. The second kappa shape index (κ2) is 5.16. The Balaban J connectivity index is 0.00000112. The molecule has 1 heterocycles. The minimum absolute atomic E-state index is 0. The summed E-state index contributed by atoms with van der Waals surface area (Å²) in [6.45, 7) is 0.0273. The molecule has 0 aliphatic heterocycles. The van der Waals surface area contributed by atoms with Crippen LogP contribution in [0.2, 0.25) is 0 Å². The monoisotopic (exact) mass is 226 g/mol. The number of aromatic amines is 1. The van der Waals surface area contributed by atoms with Gasteiger partial charge in [0.1, 0.15) is 0 Å². The van der Waals surface area contributed by atoms with Gasteiger partial charge in [0, 0.05) is 23.1 Å². The molecule has 4 N–H and O–H groups in total. The summed E-state index contributed by atoms with van der Waals surface area (Å²) in [6, 6.07) is 7.92. The normalized spacial score (nSPS) is 12.4. The van der Waals surface area contributed by atoms with Crippen LogP contribution >= 0.6 is 12.4 Å². The number of nitrogens with one attached hydrogen (secondary N) is 1. The number of hydrogen-bond donors (Lipinski definition) is 3. The highest BCUT2D eigenvalue weighted by Crippen LogP contribution is 2.18. The molecule has 2 aromatic rings. The van der Waals surface area contributed by atoms with Crippen molar-refractivity contribution >= 4 is 23.3 Å². The summed E-state index contributed by atoms with van der Waals surface area (Å²) in [5.41, 5.74) is 7.98. The number of aliphatic hydroxyl groups excluding tert-OH is 1. The topological polar surface area (TPSA) is 62.0 Å². The third-order valence-electron chi connectivity index (χ3n) is 2.39. The van der Waals surface area contributed by atoms with Crippen LogP contribution in [0.15, 0.2) is 30.5 Å². The summed E-state index contributed by atoms with van der Waals surface area (Å²) in [5, 5.41) is 10.1. The van der Waals surface area contributed by atoms with Crippen LogP contribution in [0.5, 0.6) is 0 Å². The smallest absolute Gasteiger partial charge is 0.0585 e. The van der Waals surface area contributed by atoms with Gasteiger partial charge in [-0.3, -0.25) is 0 Å². The summed E-state index contributed by atoms with van der Waals surface area (Å²) in [4.78, 5) is 3.18. The Morgan fingerprint density at radius 2 is 2.07 bits per heavy atom. The molecule has 2 rings (SSSR count). The van der Waals surface area contributed by atoms with Gasteiger partial charge in [-0.15, -0.1) is 12.4 Å². The van der Waals surface area contributed by atoms with Crippen LogP contribution in [0, 0.1) is 0 Å². The number of hydrogen-bond acceptors (Lipinski definition) is 2. The van der Waals surface area contributed by atoms with Crippen molar-refractivity contribution in [2.75, 3.05) is 6.61 Å². The van der Waals surface area contributed by atoms with E-state index in [1.165, 1.54) is 10.9 Å². The van der Waals surface area contributed by atoms with Gasteiger partial charge in [-0.1, -0.05) is 18.2 Å². The zero-order chi connectivity index (χ0) is 9.97. The largest absolute Gasteiger partial charge is 0.395 e. The van der Waals surface area contributed by atoms with E-state index in [9.17, 15) is 0 Å². The van der Waals surface area contributed by atoms with Crippen LogP contribution in [0.1, 0.15) is 5.56 Å². The Morgan fingerprint density at radius 1 is 1.33 bits per heavy atom. The van der Waals surface area contributed by atoms with E-state index in [0.717, 1.165) is 5.52 Å². The lowest BCUT2D eigenvalue weighted by molar-refractivity contribution is 0.265. The van der Waals surface area contributed by atoms with Crippen molar-refractivity contribution in [3.05, 3.63) is 36.0 Å². The van der Waals surface area contributed by atoms with E-state index in [0.29, 0.717) is 6.42 Å². The molecule has 1 aromatic carbocycles. The molecule has 0 aliphatic carbocycles. The maximum atomic E-state index is 8.87. The van der Waals surface area contributed by atoms with Crippen LogP contribution in [-0.4, -0.2) is 22.7 Å². The lowest BCUT2D eigenvalue weighted by Gasteiger charge is -2.05. The number of para-hydroxylation sites is 1. The molecular formula is C11H15ClN2O. The predicted molar refractivity (Wildman–Crippen MR) is 64.3 cm³/mol. The molecule has 1 atom stereocenters. The van der Waals surface area contributed by atoms with Gasteiger partial charge >= 0.3 is 0 Å². The summed E-state index contributed by atoms with van der Waals surface area (Å²) in [7, 11) is 0. The van der Waals surface area contributed by atoms with Gasteiger partial charge in [0.15, 0.2) is 0 Å². The molecule has 1 aromatic heterocycles. The van der Waals surface area contributed by atoms with Crippen molar-refractivity contribution in [1.82, 2.24) is 4.98 Å². The van der Waals surface area contributed by atoms with E-state index in [-0.39, 0.29) is 25.1 Å². The average Bonchev–Trinajstić information content (AvgIpc) is 2.62. The number of nitrogens with two attached hydrogens (primary N) is 1. The number of rotatable bonds is 3. The molecule has 1 unspecified atom stereocenters. The van der Waals surface area contributed by atoms with Gasteiger partial charge in [-0.25, -0.2) is 0 Å². The van der Waals surface area contributed by atoms with Gasteiger partial charge in [-0.2, -0.15) is 0 Å². The van der Waals surface area contributed by atoms with Crippen LogP contribution < -0.4 is 5.73 Å². The minimum atomic E-state index is -0.172. The van der Waals surface area contributed by atoms with Gasteiger partial charge < -0.3 is 15.8 Å². The molecule has 4 heteroatoms. The van der Waals surface area contributed by atoms with Crippen molar-refractivity contribution in [1.29, 1.82) is 0 Å². The Morgan fingerprint density at radius 3 is 2.80 bits per heavy atom. The summed E-state index contributed by atoms with van der Waals surface area (Å²) < 4.78 is 0. The Labute approximate surface area is 94.7 Å². The number of aromatic nitrogens is 1. The fraction of sp³-hybridized carbons (Fsp3) is 0.273. The standard InChI is InChI=1S/C11H14N2O.ClH/c12-9(7-14)5-8-6-13-11-4-2-1-3-10(8)11;/h1-4,6,9,13-14H,5,7,12H2;1H. The van der Waals surface area contributed by atoms with Crippen LogP contribution in [0.25, 0.3) is 10.9 Å².